The molecule has 3 rings (SSSR count). The van der Waals surface area contributed by atoms with Crippen LogP contribution in [-0.4, -0.2) is 54.3 Å². The van der Waals surface area contributed by atoms with Crippen molar-refractivity contribution in [3.8, 4) is 6.07 Å². The van der Waals surface area contributed by atoms with Gasteiger partial charge in [0.15, 0.2) is 11.3 Å². The highest BCUT2D eigenvalue weighted by atomic mass is 19.1. The van der Waals surface area contributed by atoms with Crippen LogP contribution in [0.2, 0.25) is 0 Å². The highest BCUT2D eigenvalue weighted by Crippen LogP contribution is 2.49. The third kappa shape index (κ3) is 1.62. The first-order chi connectivity index (χ1) is 10.4. The molecule has 0 aliphatic carbocycles. The lowest BCUT2D eigenvalue weighted by atomic mass is 9.82. The fourth-order valence-corrected chi connectivity index (χ4v) is 2.78. The van der Waals surface area contributed by atoms with E-state index in [1.165, 1.54) is 17.0 Å². The summed E-state index contributed by atoms with van der Waals surface area (Å²) in [4.78, 5) is 8.07. The molecule has 8 nitrogen and oxygen atoms in total. The van der Waals surface area contributed by atoms with Gasteiger partial charge in [0.25, 0.3) is 0 Å². The first-order valence-electron chi connectivity index (χ1n) is 6.61. The van der Waals surface area contributed by atoms with Crippen molar-refractivity contribution in [2.24, 2.45) is 0 Å². The minimum absolute atomic E-state index is 0.0375. The molecule has 0 bridgehead atoms. The minimum atomic E-state index is -2.45. The molecule has 1 saturated heterocycles. The molecule has 0 amide bonds. The molecule has 2 N–H and O–H groups in total. The molecule has 0 spiro atoms. The van der Waals surface area contributed by atoms with Gasteiger partial charge in [-0.1, -0.05) is 0 Å². The van der Waals surface area contributed by atoms with Crippen LogP contribution in [0.15, 0.2) is 12.5 Å². The largest absolute Gasteiger partial charge is 0.394 e. The van der Waals surface area contributed by atoms with Crippen molar-refractivity contribution in [1.82, 2.24) is 19.6 Å². The topological polar surface area (TPSA) is 117 Å². The number of imidazole rings is 1. The van der Waals surface area contributed by atoms with E-state index in [4.69, 9.17) is 4.74 Å². The number of alkyl halides is 1. The van der Waals surface area contributed by atoms with E-state index < -0.39 is 30.1 Å². The number of fused-ring (bicyclic) bond motifs is 1. The summed E-state index contributed by atoms with van der Waals surface area (Å²) in [5.74, 6) is 0. The number of hydrogen-bond donors (Lipinski definition) is 2. The monoisotopic (exact) mass is 307 g/mol. The first-order valence-corrected chi connectivity index (χ1v) is 6.61. The van der Waals surface area contributed by atoms with Gasteiger partial charge in [0.05, 0.1) is 18.5 Å². The Bertz CT molecular complexity index is 771. The second kappa shape index (κ2) is 4.67. The molecule has 4 atom stereocenters. The summed E-state index contributed by atoms with van der Waals surface area (Å²) < 4.78 is 21.8. The van der Waals surface area contributed by atoms with Gasteiger partial charge in [0.2, 0.25) is 5.60 Å². The number of aryl methyl sites for hydroxylation is 1. The zero-order chi connectivity index (χ0) is 16.1. The second-order valence-corrected chi connectivity index (χ2v) is 5.38. The van der Waals surface area contributed by atoms with E-state index in [-0.39, 0.29) is 5.69 Å². The highest BCUT2D eigenvalue weighted by Gasteiger charge is 2.67. The van der Waals surface area contributed by atoms with Crippen molar-refractivity contribution >= 4 is 5.65 Å². The number of aromatic nitrogens is 4. The van der Waals surface area contributed by atoms with E-state index in [1.807, 2.05) is 0 Å². The third-order valence-electron chi connectivity index (χ3n) is 4.10. The Kier molecular flexibility index (Phi) is 3.14. The molecule has 0 unspecified atom stereocenters. The van der Waals surface area contributed by atoms with E-state index in [2.05, 4.69) is 15.1 Å². The molecule has 0 radical (unpaired) electrons. The van der Waals surface area contributed by atoms with E-state index in [1.54, 1.807) is 13.0 Å². The van der Waals surface area contributed by atoms with Crippen LogP contribution in [-0.2, 0) is 10.3 Å². The lowest BCUT2D eigenvalue weighted by molar-refractivity contribution is -0.0719. The summed E-state index contributed by atoms with van der Waals surface area (Å²) in [5.41, 5.74) is -3.65. The molecular formula is C13H14FN5O3. The predicted octanol–water partition coefficient (Wildman–Crippen LogP) is -0.368. The number of rotatable bonds is 2. The normalized spacial score (nSPS) is 34.9. The number of ether oxygens (including phenoxy) is 1. The van der Waals surface area contributed by atoms with Gasteiger partial charge < -0.3 is 14.9 Å². The quantitative estimate of drug-likeness (QED) is 0.777. The van der Waals surface area contributed by atoms with Gasteiger partial charge in [0, 0.05) is 0 Å². The Morgan fingerprint density at radius 3 is 2.86 bits per heavy atom. The lowest BCUT2D eigenvalue weighted by Crippen LogP contribution is -2.48. The molecule has 1 aliphatic heterocycles. The molecule has 116 valence electrons. The van der Waals surface area contributed by atoms with Crippen molar-refractivity contribution in [3.63, 3.8) is 0 Å². The molecule has 2 aromatic heterocycles. The molecule has 9 heteroatoms. The first kappa shape index (κ1) is 14.8. The lowest BCUT2D eigenvalue weighted by Gasteiger charge is -2.30. The van der Waals surface area contributed by atoms with Crippen LogP contribution in [0.4, 0.5) is 4.39 Å². The van der Waals surface area contributed by atoms with Crippen LogP contribution in [0, 0.1) is 18.3 Å². The van der Waals surface area contributed by atoms with Crippen LogP contribution >= 0.6 is 0 Å². The van der Waals surface area contributed by atoms with Crippen molar-refractivity contribution in [2.75, 3.05) is 6.61 Å². The molecule has 1 aliphatic rings. The number of hydrogen-bond acceptors (Lipinski definition) is 7. The van der Waals surface area contributed by atoms with Crippen molar-refractivity contribution in [1.29, 1.82) is 5.26 Å². The summed E-state index contributed by atoms with van der Waals surface area (Å²) in [6.45, 7) is 2.14. The molecule has 0 saturated carbocycles. The number of nitrogens with zero attached hydrogens (tertiary/aromatic N) is 5. The fourth-order valence-electron chi connectivity index (χ4n) is 2.78. The molecule has 1 fully saturated rings. The summed E-state index contributed by atoms with van der Waals surface area (Å²) in [6.07, 6.45) is -0.359. The zero-order valence-corrected chi connectivity index (χ0v) is 11.9. The summed E-state index contributed by atoms with van der Waals surface area (Å²) in [7, 11) is 0. The summed E-state index contributed by atoms with van der Waals surface area (Å²) >= 11 is 0. The number of halogens is 1. The number of aliphatic hydroxyl groups is 2. The molecular weight excluding hydrogens is 293 g/mol. The Morgan fingerprint density at radius 2 is 2.27 bits per heavy atom. The molecule has 2 aromatic rings. The maximum absolute atomic E-state index is 15.2. The van der Waals surface area contributed by atoms with Crippen LogP contribution in [0.25, 0.3) is 5.65 Å². The van der Waals surface area contributed by atoms with Gasteiger partial charge in [-0.3, -0.25) is 0 Å². The van der Waals surface area contributed by atoms with Gasteiger partial charge in [-0.15, -0.1) is 0 Å². The van der Waals surface area contributed by atoms with Gasteiger partial charge in [-0.05, 0) is 13.8 Å². The predicted molar refractivity (Wildman–Crippen MR) is 70.3 cm³/mol. The number of aliphatic hydroxyl groups excluding tert-OH is 2. The van der Waals surface area contributed by atoms with Crippen LogP contribution in [0.5, 0.6) is 0 Å². The molecule has 0 aromatic carbocycles. The van der Waals surface area contributed by atoms with E-state index in [0.29, 0.717) is 11.3 Å². The maximum Gasteiger partial charge on any atom is 0.235 e. The second-order valence-electron chi connectivity index (χ2n) is 5.38. The van der Waals surface area contributed by atoms with E-state index in [0.717, 1.165) is 6.92 Å². The van der Waals surface area contributed by atoms with E-state index in [9.17, 15) is 15.5 Å². The average Bonchev–Trinajstić information content (AvgIpc) is 3.01. The Hall–Kier alpha value is -2.15. The summed E-state index contributed by atoms with van der Waals surface area (Å²) in [6, 6.07) is 1.79. The van der Waals surface area contributed by atoms with Crippen molar-refractivity contribution in [3.05, 3.63) is 23.9 Å². The van der Waals surface area contributed by atoms with Gasteiger partial charge in [-0.25, -0.2) is 18.9 Å². The zero-order valence-electron chi connectivity index (χ0n) is 11.9. The Balaban J connectivity index is 2.27. The van der Waals surface area contributed by atoms with Gasteiger partial charge in [0.1, 0.15) is 30.3 Å². The maximum atomic E-state index is 15.2. The standard InChI is InChI=1S/C13H14FN5O3/c1-7-11-16-3-9(19(11)18-6-17-7)13(5-15)12(2,14)10(21)8(4-20)22-13/h3,6,8,10,20-21H,4H2,1-2H3/t8-,10-,12-,13+/m1/s1. The summed E-state index contributed by atoms with van der Waals surface area (Å²) in [5, 5.41) is 32.9. The SMILES string of the molecule is Cc1ncnn2c([C@]3(C#N)O[C@H](CO)[C@@H](O)[C@@]3(C)F)cnc12. The minimum Gasteiger partial charge on any atom is -0.394 e. The Morgan fingerprint density at radius 1 is 1.55 bits per heavy atom. The molecule has 22 heavy (non-hydrogen) atoms. The molecule has 3 heterocycles. The Labute approximate surface area is 124 Å². The fraction of sp³-hybridized carbons (Fsp3) is 0.538. The van der Waals surface area contributed by atoms with Crippen LogP contribution < -0.4 is 0 Å². The van der Waals surface area contributed by atoms with Crippen molar-refractivity contribution in [2.45, 2.75) is 37.3 Å². The van der Waals surface area contributed by atoms with Crippen molar-refractivity contribution < 1.29 is 19.3 Å². The number of nitriles is 1. The van der Waals surface area contributed by atoms with Gasteiger partial charge >= 0.3 is 0 Å². The third-order valence-corrected chi connectivity index (χ3v) is 4.10. The van der Waals surface area contributed by atoms with E-state index >= 15 is 4.39 Å². The van der Waals surface area contributed by atoms with Crippen LogP contribution in [0.3, 0.4) is 0 Å². The highest BCUT2D eigenvalue weighted by molar-refractivity contribution is 5.46. The van der Waals surface area contributed by atoms with Gasteiger partial charge in [-0.2, -0.15) is 10.4 Å². The smallest absolute Gasteiger partial charge is 0.235 e. The van der Waals surface area contributed by atoms with Crippen LogP contribution in [0.1, 0.15) is 18.3 Å². The average molecular weight is 307 g/mol.